The summed E-state index contributed by atoms with van der Waals surface area (Å²) in [5.74, 6) is 0.365. The molecule has 0 radical (unpaired) electrons. The van der Waals surface area contributed by atoms with E-state index in [-0.39, 0.29) is 11.9 Å². The molecular formula is C8H14O3S. The van der Waals surface area contributed by atoms with Crippen LogP contribution in [-0.4, -0.2) is 20.3 Å². The van der Waals surface area contributed by atoms with Gasteiger partial charge in [-0.1, -0.05) is 19.4 Å². The van der Waals surface area contributed by atoms with Crippen LogP contribution in [0.25, 0.3) is 0 Å². The van der Waals surface area contributed by atoms with Crippen molar-refractivity contribution in [3.8, 4) is 0 Å². The van der Waals surface area contributed by atoms with Crippen molar-refractivity contribution in [1.82, 2.24) is 0 Å². The molecule has 0 saturated heterocycles. The first-order chi connectivity index (χ1) is 5.59. The minimum Gasteiger partial charge on any atom is -0.266 e. The predicted molar refractivity (Wildman–Crippen MR) is 47.3 cm³/mol. The van der Waals surface area contributed by atoms with Gasteiger partial charge in [0.05, 0.1) is 11.9 Å². The first-order valence-corrected chi connectivity index (χ1v) is 5.68. The van der Waals surface area contributed by atoms with Gasteiger partial charge in [0.25, 0.3) is 10.1 Å². The maximum atomic E-state index is 11.0. The summed E-state index contributed by atoms with van der Waals surface area (Å²) in [6, 6.07) is 0. The topological polar surface area (TPSA) is 43.4 Å². The molecule has 0 heterocycles. The summed E-state index contributed by atoms with van der Waals surface area (Å²) in [7, 11) is -3.33. The molecule has 1 saturated carbocycles. The van der Waals surface area contributed by atoms with Crippen molar-refractivity contribution in [3.05, 3.63) is 12.7 Å². The Balaban J connectivity index is 2.37. The minimum absolute atomic E-state index is 0.0556. The second-order valence-electron chi connectivity index (χ2n) is 3.05. The number of rotatable bonds is 5. The maximum Gasteiger partial charge on any atom is 0.271 e. The quantitative estimate of drug-likeness (QED) is 0.485. The molecule has 12 heavy (non-hydrogen) atoms. The van der Waals surface area contributed by atoms with E-state index in [9.17, 15) is 8.42 Å². The Kier molecular flexibility index (Phi) is 2.90. The van der Waals surface area contributed by atoms with Crippen LogP contribution in [-0.2, 0) is 14.3 Å². The summed E-state index contributed by atoms with van der Waals surface area (Å²) in [5, 5.41) is 0. The molecule has 70 valence electrons. The highest BCUT2D eigenvalue weighted by Gasteiger charge is 2.39. The van der Waals surface area contributed by atoms with E-state index in [2.05, 4.69) is 6.58 Å². The van der Waals surface area contributed by atoms with Crippen LogP contribution in [0, 0.1) is 5.92 Å². The number of hydrogen-bond acceptors (Lipinski definition) is 3. The molecule has 1 fully saturated rings. The van der Waals surface area contributed by atoms with Gasteiger partial charge in [-0.15, -0.1) is 6.58 Å². The Morgan fingerprint density at radius 2 is 2.33 bits per heavy atom. The molecule has 1 aliphatic rings. The highest BCUT2D eigenvalue weighted by atomic mass is 32.2. The molecular weight excluding hydrogens is 176 g/mol. The van der Waals surface area contributed by atoms with Gasteiger partial charge in [0.15, 0.2) is 0 Å². The van der Waals surface area contributed by atoms with Crippen molar-refractivity contribution in [2.45, 2.75) is 25.9 Å². The lowest BCUT2D eigenvalue weighted by atomic mass is 10.3. The van der Waals surface area contributed by atoms with Gasteiger partial charge < -0.3 is 0 Å². The van der Waals surface area contributed by atoms with Gasteiger partial charge in [-0.25, -0.2) is 0 Å². The third kappa shape index (κ3) is 2.60. The Bertz CT molecular complexity index is 255. The van der Waals surface area contributed by atoms with Crippen molar-refractivity contribution < 1.29 is 12.6 Å². The summed E-state index contributed by atoms with van der Waals surface area (Å²) in [6.45, 7) is 5.39. The molecule has 1 aliphatic carbocycles. The molecule has 2 atom stereocenters. The van der Waals surface area contributed by atoms with E-state index in [0.29, 0.717) is 5.92 Å². The van der Waals surface area contributed by atoms with Gasteiger partial charge in [-0.2, -0.15) is 8.42 Å². The van der Waals surface area contributed by atoms with Crippen molar-refractivity contribution in [2.75, 3.05) is 5.75 Å². The van der Waals surface area contributed by atoms with Crippen LogP contribution in [0.5, 0.6) is 0 Å². The van der Waals surface area contributed by atoms with Crippen molar-refractivity contribution in [1.29, 1.82) is 0 Å². The van der Waals surface area contributed by atoms with Crippen molar-refractivity contribution in [2.24, 2.45) is 5.92 Å². The second-order valence-corrected chi connectivity index (χ2v) is 4.69. The molecule has 0 amide bonds. The first kappa shape index (κ1) is 9.74. The minimum atomic E-state index is -3.33. The van der Waals surface area contributed by atoms with Gasteiger partial charge in [0, 0.05) is 0 Å². The van der Waals surface area contributed by atoms with Gasteiger partial charge in [0.1, 0.15) is 0 Å². The van der Waals surface area contributed by atoms with Crippen LogP contribution in [0.2, 0.25) is 0 Å². The molecule has 0 aromatic rings. The molecule has 1 rings (SSSR count). The lowest BCUT2D eigenvalue weighted by molar-refractivity contribution is 0.288. The Morgan fingerprint density at radius 1 is 1.67 bits per heavy atom. The van der Waals surface area contributed by atoms with E-state index in [1.807, 2.05) is 6.92 Å². The van der Waals surface area contributed by atoms with Crippen LogP contribution >= 0.6 is 0 Å². The van der Waals surface area contributed by atoms with Gasteiger partial charge >= 0.3 is 0 Å². The molecule has 3 nitrogen and oxygen atoms in total. The van der Waals surface area contributed by atoms with Crippen LogP contribution in [0.4, 0.5) is 0 Å². The maximum absolute atomic E-state index is 11.0. The second kappa shape index (κ2) is 3.58. The number of hydrogen-bond donors (Lipinski definition) is 0. The molecule has 0 aliphatic heterocycles. The predicted octanol–water partition coefficient (Wildman–Crippen LogP) is 1.32. The van der Waals surface area contributed by atoms with Gasteiger partial charge in [0.2, 0.25) is 0 Å². The summed E-state index contributed by atoms with van der Waals surface area (Å²) in [6.07, 6.45) is 3.17. The van der Waals surface area contributed by atoms with Crippen molar-refractivity contribution in [3.63, 3.8) is 0 Å². The Labute approximate surface area is 73.5 Å². The van der Waals surface area contributed by atoms with E-state index in [0.717, 1.165) is 12.8 Å². The van der Waals surface area contributed by atoms with E-state index in [4.69, 9.17) is 4.18 Å². The van der Waals surface area contributed by atoms with Crippen molar-refractivity contribution >= 4 is 10.1 Å². The van der Waals surface area contributed by atoms with Crippen LogP contribution in [0.1, 0.15) is 19.8 Å². The van der Waals surface area contributed by atoms with E-state index in [1.165, 1.54) is 6.08 Å². The smallest absolute Gasteiger partial charge is 0.266 e. The lowest BCUT2D eigenvalue weighted by Crippen LogP contribution is -2.11. The standard InChI is InChI=1S/C8H14O3S/c1-3-5-12(9,10)11-8-6-7(8)4-2/h3,7-8H,1,4-6H2,2H3. The van der Waals surface area contributed by atoms with E-state index < -0.39 is 10.1 Å². The molecule has 0 bridgehead atoms. The van der Waals surface area contributed by atoms with Crippen LogP contribution < -0.4 is 0 Å². The molecule has 0 spiro atoms. The fourth-order valence-corrected chi connectivity index (χ4v) is 2.12. The van der Waals surface area contributed by atoms with E-state index in [1.54, 1.807) is 0 Å². The summed E-state index contributed by atoms with van der Waals surface area (Å²) in [5.41, 5.74) is 0. The Morgan fingerprint density at radius 3 is 2.75 bits per heavy atom. The van der Waals surface area contributed by atoms with E-state index >= 15 is 0 Å². The highest BCUT2D eigenvalue weighted by molar-refractivity contribution is 7.86. The van der Waals surface area contributed by atoms with Crippen LogP contribution in [0.3, 0.4) is 0 Å². The third-order valence-corrected chi connectivity index (χ3v) is 3.16. The fourth-order valence-electron chi connectivity index (χ4n) is 1.14. The Hall–Kier alpha value is -0.350. The fraction of sp³-hybridized carbons (Fsp3) is 0.750. The molecule has 4 heteroatoms. The molecule has 0 aromatic carbocycles. The summed E-state index contributed by atoms with van der Waals surface area (Å²) in [4.78, 5) is 0. The first-order valence-electron chi connectivity index (χ1n) is 4.11. The lowest BCUT2D eigenvalue weighted by Gasteiger charge is -2.00. The molecule has 0 aromatic heterocycles. The monoisotopic (exact) mass is 190 g/mol. The normalized spacial score (nSPS) is 28.4. The zero-order valence-corrected chi connectivity index (χ0v) is 8.01. The SMILES string of the molecule is C=CCS(=O)(=O)OC1CC1CC. The van der Waals surface area contributed by atoms with Crippen LogP contribution in [0.15, 0.2) is 12.7 Å². The molecule has 2 unspecified atom stereocenters. The third-order valence-electron chi connectivity index (χ3n) is 1.97. The zero-order valence-electron chi connectivity index (χ0n) is 7.19. The summed E-state index contributed by atoms with van der Waals surface area (Å²) >= 11 is 0. The summed E-state index contributed by atoms with van der Waals surface area (Å²) < 4.78 is 27.0. The zero-order chi connectivity index (χ0) is 9.19. The highest BCUT2D eigenvalue weighted by Crippen LogP contribution is 2.37. The average Bonchev–Trinajstić information content (AvgIpc) is 2.66. The largest absolute Gasteiger partial charge is 0.271 e. The average molecular weight is 190 g/mol. The van der Waals surface area contributed by atoms with Gasteiger partial charge in [-0.05, 0) is 12.3 Å². The van der Waals surface area contributed by atoms with Gasteiger partial charge in [-0.3, -0.25) is 4.18 Å². The molecule has 0 N–H and O–H groups in total.